The maximum absolute atomic E-state index is 11.6. The van der Waals surface area contributed by atoms with Crippen molar-refractivity contribution in [3.8, 4) is 0 Å². The van der Waals surface area contributed by atoms with Crippen LogP contribution in [0.4, 0.5) is 0 Å². The molecule has 1 unspecified atom stereocenters. The summed E-state index contributed by atoms with van der Waals surface area (Å²) in [6.07, 6.45) is 0.684. The molecule has 1 aliphatic rings. The SMILES string of the molecule is Cc1c(Cl)c(CN(C)C2CCS(=O)(=O)C2)nc2ccccc12. The van der Waals surface area contributed by atoms with Crippen molar-refractivity contribution in [3.63, 3.8) is 0 Å². The molecule has 0 aliphatic carbocycles. The number of aryl methyl sites for hydroxylation is 1. The first-order valence-corrected chi connectivity index (χ1v) is 9.52. The number of hydrogen-bond acceptors (Lipinski definition) is 4. The van der Waals surface area contributed by atoms with E-state index < -0.39 is 9.84 Å². The lowest BCUT2D eigenvalue weighted by molar-refractivity contribution is 0.251. The van der Waals surface area contributed by atoms with Crippen molar-refractivity contribution < 1.29 is 8.42 Å². The molecule has 1 aromatic heterocycles. The van der Waals surface area contributed by atoms with Gasteiger partial charge in [-0.15, -0.1) is 0 Å². The highest BCUT2D eigenvalue weighted by Gasteiger charge is 2.31. The van der Waals surface area contributed by atoms with E-state index in [2.05, 4.69) is 4.98 Å². The third kappa shape index (κ3) is 2.98. The Kier molecular flexibility index (Phi) is 4.14. The number of pyridine rings is 1. The second-order valence-electron chi connectivity index (χ2n) is 5.99. The highest BCUT2D eigenvalue weighted by Crippen LogP contribution is 2.28. The van der Waals surface area contributed by atoms with Crippen molar-refractivity contribution in [3.05, 3.63) is 40.5 Å². The Labute approximate surface area is 136 Å². The predicted octanol–water partition coefficient (Wildman–Crippen LogP) is 2.82. The smallest absolute Gasteiger partial charge is 0.151 e. The molecule has 0 bridgehead atoms. The first-order valence-electron chi connectivity index (χ1n) is 7.32. The number of benzene rings is 1. The van der Waals surface area contributed by atoms with Gasteiger partial charge in [0, 0.05) is 18.0 Å². The highest BCUT2D eigenvalue weighted by molar-refractivity contribution is 7.91. The van der Waals surface area contributed by atoms with Crippen molar-refractivity contribution in [2.45, 2.75) is 25.9 Å². The Morgan fingerprint density at radius 1 is 1.36 bits per heavy atom. The van der Waals surface area contributed by atoms with Gasteiger partial charge in [0.25, 0.3) is 0 Å². The zero-order valence-electron chi connectivity index (χ0n) is 12.7. The van der Waals surface area contributed by atoms with Crippen molar-refractivity contribution in [1.29, 1.82) is 0 Å². The summed E-state index contributed by atoms with van der Waals surface area (Å²) in [5.74, 6) is 0.508. The lowest BCUT2D eigenvalue weighted by Gasteiger charge is -2.23. The van der Waals surface area contributed by atoms with Gasteiger partial charge in [-0.1, -0.05) is 29.8 Å². The van der Waals surface area contributed by atoms with E-state index in [-0.39, 0.29) is 17.5 Å². The molecule has 1 aliphatic heterocycles. The van der Waals surface area contributed by atoms with Crippen LogP contribution in [0.25, 0.3) is 10.9 Å². The Balaban J connectivity index is 1.89. The third-order valence-corrected chi connectivity index (χ3v) is 6.63. The largest absolute Gasteiger partial charge is 0.296 e. The van der Waals surface area contributed by atoms with E-state index in [1.807, 2.05) is 43.1 Å². The van der Waals surface area contributed by atoms with Crippen molar-refractivity contribution in [2.24, 2.45) is 0 Å². The maximum atomic E-state index is 11.6. The lowest BCUT2D eigenvalue weighted by Crippen LogP contribution is -2.32. The van der Waals surface area contributed by atoms with Crippen LogP contribution in [0.2, 0.25) is 5.02 Å². The quantitative estimate of drug-likeness (QED) is 0.863. The van der Waals surface area contributed by atoms with Gasteiger partial charge in [-0.2, -0.15) is 0 Å². The van der Waals surface area contributed by atoms with E-state index in [1.54, 1.807) is 0 Å². The van der Waals surface area contributed by atoms with Crippen molar-refractivity contribution in [1.82, 2.24) is 9.88 Å². The molecular formula is C16H19ClN2O2S. The van der Waals surface area contributed by atoms with E-state index in [9.17, 15) is 8.42 Å². The molecule has 22 heavy (non-hydrogen) atoms. The number of aromatic nitrogens is 1. The molecule has 4 nitrogen and oxygen atoms in total. The molecule has 0 amide bonds. The summed E-state index contributed by atoms with van der Waals surface area (Å²) in [4.78, 5) is 6.71. The van der Waals surface area contributed by atoms with Crippen LogP contribution in [0, 0.1) is 6.92 Å². The Morgan fingerprint density at radius 2 is 2.09 bits per heavy atom. The van der Waals surface area contributed by atoms with Crippen LogP contribution in [-0.2, 0) is 16.4 Å². The molecule has 2 heterocycles. The number of nitrogens with zero attached hydrogens (tertiary/aromatic N) is 2. The van der Waals surface area contributed by atoms with Gasteiger partial charge in [-0.25, -0.2) is 13.4 Å². The van der Waals surface area contributed by atoms with Gasteiger partial charge < -0.3 is 0 Å². The topological polar surface area (TPSA) is 50.3 Å². The number of halogens is 1. The van der Waals surface area contributed by atoms with Gasteiger partial charge in [0.2, 0.25) is 0 Å². The average molecular weight is 339 g/mol. The molecule has 1 aromatic carbocycles. The Morgan fingerprint density at radius 3 is 2.77 bits per heavy atom. The first-order chi connectivity index (χ1) is 10.4. The summed E-state index contributed by atoms with van der Waals surface area (Å²) in [7, 11) is -0.942. The van der Waals surface area contributed by atoms with Crippen LogP contribution in [0.1, 0.15) is 17.7 Å². The van der Waals surface area contributed by atoms with Crippen molar-refractivity contribution >= 4 is 32.3 Å². The highest BCUT2D eigenvalue weighted by atomic mass is 35.5. The fourth-order valence-electron chi connectivity index (χ4n) is 3.01. The summed E-state index contributed by atoms with van der Waals surface area (Å²) >= 11 is 6.47. The fourth-order valence-corrected chi connectivity index (χ4v) is 5.02. The van der Waals surface area contributed by atoms with E-state index in [0.29, 0.717) is 18.0 Å². The van der Waals surface area contributed by atoms with Crippen LogP contribution in [-0.4, -0.2) is 42.9 Å². The summed E-state index contributed by atoms with van der Waals surface area (Å²) in [6, 6.07) is 7.97. The molecule has 0 spiro atoms. The van der Waals surface area contributed by atoms with Crippen LogP contribution in [0.5, 0.6) is 0 Å². The monoisotopic (exact) mass is 338 g/mol. The molecule has 2 aromatic rings. The van der Waals surface area contributed by atoms with Gasteiger partial charge in [0.15, 0.2) is 9.84 Å². The minimum absolute atomic E-state index is 0.0506. The molecule has 1 fully saturated rings. The number of para-hydroxylation sites is 1. The van der Waals surface area contributed by atoms with Crippen LogP contribution in [0.3, 0.4) is 0 Å². The third-order valence-electron chi connectivity index (χ3n) is 4.38. The number of hydrogen-bond donors (Lipinski definition) is 0. The van der Waals surface area contributed by atoms with Gasteiger partial charge in [-0.05, 0) is 32.0 Å². The molecule has 0 radical (unpaired) electrons. The van der Waals surface area contributed by atoms with Crippen molar-refractivity contribution in [2.75, 3.05) is 18.6 Å². The average Bonchev–Trinajstić information content (AvgIpc) is 2.85. The number of sulfone groups is 1. The van der Waals surface area contributed by atoms with Crippen LogP contribution < -0.4 is 0 Å². The summed E-state index contributed by atoms with van der Waals surface area (Å²) in [5, 5.41) is 1.73. The van der Waals surface area contributed by atoms with Gasteiger partial charge >= 0.3 is 0 Å². The minimum Gasteiger partial charge on any atom is -0.296 e. The zero-order chi connectivity index (χ0) is 15.9. The normalized spacial score (nSPS) is 20.8. The summed E-state index contributed by atoms with van der Waals surface area (Å²) in [6.45, 7) is 2.56. The van der Waals surface area contributed by atoms with Gasteiger partial charge in [0.05, 0.1) is 27.7 Å². The Hall–Kier alpha value is -1.17. The molecule has 3 rings (SSSR count). The van der Waals surface area contributed by atoms with E-state index in [1.165, 1.54) is 0 Å². The lowest BCUT2D eigenvalue weighted by atomic mass is 10.1. The van der Waals surface area contributed by atoms with Gasteiger partial charge in [0.1, 0.15) is 0 Å². The molecule has 0 N–H and O–H groups in total. The molecule has 1 saturated heterocycles. The molecular weight excluding hydrogens is 320 g/mol. The van der Waals surface area contributed by atoms with Crippen LogP contribution >= 0.6 is 11.6 Å². The molecule has 118 valence electrons. The van der Waals surface area contributed by atoms with Crippen LogP contribution in [0.15, 0.2) is 24.3 Å². The maximum Gasteiger partial charge on any atom is 0.151 e. The number of rotatable bonds is 3. The first kappa shape index (κ1) is 15.7. The second-order valence-corrected chi connectivity index (χ2v) is 8.59. The Bertz CT molecular complexity index is 820. The van der Waals surface area contributed by atoms with E-state index >= 15 is 0 Å². The molecule has 1 atom stereocenters. The van der Waals surface area contributed by atoms with E-state index in [0.717, 1.165) is 22.2 Å². The summed E-state index contributed by atoms with van der Waals surface area (Å²) in [5.41, 5.74) is 2.76. The number of fused-ring (bicyclic) bond motifs is 1. The zero-order valence-corrected chi connectivity index (χ0v) is 14.3. The minimum atomic E-state index is -2.88. The fraction of sp³-hybridized carbons (Fsp3) is 0.438. The summed E-state index contributed by atoms with van der Waals surface area (Å²) < 4.78 is 23.3. The molecule has 0 saturated carbocycles. The second kappa shape index (κ2) is 5.80. The predicted molar refractivity (Wildman–Crippen MR) is 90.0 cm³/mol. The standard InChI is InChI=1S/C16H19ClN2O2S/c1-11-13-5-3-4-6-14(13)18-15(16(11)17)9-19(2)12-7-8-22(20,21)10-12/h3-6,12H,7-10H2,1-2H3. The van der Waals surface area contributed by atoms with Gasteiger partial charge in [-0.3, -0.25) is 4.90 Å². The molecule has 6 heteroatoms. The van der Waals surface area contributed by atoms with E-state index in [4.69, 9.17) is 11.6 Å².